The number of aromatic nitrogens is 3. The Bertz CT molecular complexity index is 772. The maximum absolute atomic E-state index is 12.9. The van der Waals surface area contributed by atoms with Crippen LogP contribution < -0.4 is 0 Å². The molecule has 0 saturated carbocycles. The van der Waals surface area contributed by atoms with E-state index in [9.17, 15) is 9.18 Å². The normalized spacial score (nSPS) is 10.6. The fourth-order valence-corrected chi connectivity index (χ4v) is 2.76. The summed E-state index contributed by atoms with van der Waals surface area (Å²) in [5.41, 5.74) is 1.42. The number of nitrogens with zero attached hydrogens (tertiary/aromatic N) is 3. The summed E-state index contributed by atoms with van der Waals surface area (Å²) in [6.07, 6.45) is 1.61. The van der Waals surface area contributed by atoms with E-state index in [0.717, 1.165) is 5.69 Å². The molecule has 3 rings (SSSR count). The second kappa shape index (κ2) is 6.53. The van der Waals surface area contributed by atoms with Gasteiger partial charge in [-0.15, -0.1) is 10.2 Å². The lowest BCUT2D eigenvalue weighted by Crippen LogP contribution is -2.04. The average molecular weight is 313 g/mol. The summed E-state index contributed by atoms with van der Waals surface area (Å²) < 4.78 is 14.7. The van der Waals surface area contributed by atoms with Gasteiger partial charge in [0.25, 0.3) is 0 Å². The van der Waals surface area contributed by atoms with Crippen LogP contribution in [-0.2, 0) is 0 Å². The summed E-state index contributed by atoms with van der Waals surface area (Å²) in [4.78, 5) is 12.1. The van der Waals surface area contributed by atoms with Crippen molar-refractivity contribution in [2.45, 2.75) is 5.16 Å². The Labute approximate surface area is 131 Å². The minimum absolute atomic E-state index is 0.0763. The van der Waals surface area contributed by atoms with E-state index in [1.54, 1.807) is 6.33 Å². The van der Waals surface area contributed by atoms with Gasteiger partial charge in [0.15, 0.2) is 10.9 Å². The van der Waals surface area contributed by atoms with Gasteiger partial charge >= 0.3 is 0 Å². The predicted octanol–water partition coefficient (Wildman–Crippen LogP) is 3.38. The third kappa shape index (κ3) is 3.23. The third-order valence-electron chi connectivity index (χ3n) is 3.05. The van der Waals surface area contributed by atoms with Gasteiger partial charge in [-0.2, -0.15) is 0 Å². The number of benzene rings is 2. The van der Waals surface area contributed by atoms with Crippen LogP contribution in [0.4, 0.5) is 4.39 Å². The van der Waals surface area contributed by atoms with E-state index < -0.39 is 0 Å². The van der Waals surface area contributed by atoms with Gasteiger partial charge in [-0.25, -0.2) is 4.39 Å². The molecule has 6 heteroatoms. The Kier molecular flexibility index (Phi) is 4.29. The highest BCUT2D eigenvalue weighted by Crippen LogP contribution is 2.20. The summed E-state index contributed by atoms with van der Waals surface area (Å²) >= 11 is 1.30. The Morgan fingerprint density at radius 3 is 2.55 bits per heavy atom. The van der Waals surface area contributed by atoms with E-state index in [1.807, 2.05) is 34.9 Å². The van der Waals surface area contributed by atoms with Crippen LogP contribution in [-0.4, -0.2) is 26.3 Å². The van der Waals surface area contributed by atoms with Crippen LogP contribution in [0, 0.1) is 5.82 Å². The molecule has 0 unspecified atom stereocenters. The molecule has 0 bridgehead atoms. The van der Waals surface area contributed by atoms with Crippen molar-refractivity contribution < 1.29 is 9.18 Å². The molecule has 1 aromatic heterocycles. The number of Topliss-reactive ketones (excluding diaryl/α,β-unsaturated/α-hetero) is 1. The van der Waals surface area contributed by atoms with Gasteiger partial charge in [-0.3, -0.25) is 9.36 Å². The molecule has 110 valence electrons. The van der Waals surface area contributed by atoms with Crippen LogP contribution in [0.15, 0.2) is 66.1 Å². The van der Waals surface area contributed by atoms with E-state index in [0.29, 0.717) is 10.7 Å². The minimum Gasteiger partial charge on any atom is -0.293 e. The number of carbonyl (C=O) groups is 1. The van der Waals surface area contributed by atoms with Gasteiger partial charge in [0.1, 0.15) is 12.1 Å². The molecule has 0 aliphatic rings. The Morgan fingerprint density at radius 1 is 1.09 bits per heavy atom. The molecular weight excluding hydrogens is 301 g/mol. The first-order chi connectivity index (χ1) is 10.7. The van der Waals surface area contributed by atoms with E-state index in [2.05, 4.69) is 10.2 Å². The van der Waals surface area contributed by atoms with Crippen LogP contribution in [0.2, 0.25) is 0 Å². The van der Waals surface area contributed by atoms with Gasteiger partial charge in [-0.1, -0.05) is 30.0 Å². The van der Waals surface area contributed by atoms with Crippen molar-refractivity contribution in [1.82, 2.24) is 14.8 Å². The van der Waals surface area contributed by atoms with Crippen molar-refractivity contribution in [2.24, 2.45) is 0 Å². The molecule has 0 amide bonds. The molecular formula is C16H12FN3OS. The fraction of sp³-hybridized carbons (Fsp3) is 0.0625. The molecule has 2 aromatic carbocycles. The molecule has 4 nitrogen and oxygen atoms in total. The summed E-state index contributed by atoms with van der Waals surface area (Å²) in [6, 6.07) is 15.2. The average Bonchev–Trinajstić information content (AvgIpc) is 3.02. The summed E-state index contributed by atoms with van der Waals surface area (Å²) in [5, 5.41) is 8.57. The standard InChI is InChI=1S/C16H12FN3OS/c17-13-8-6-12(7-9-13)15(21)10-22-16-19-18-11-20(16)14-4-2-1-3-5-14/h1-9,11H,10H2. The number of hydrogen-bond acceptors (Lipinski definition) is 4. The van der Waals surface area contributed by atoms with Gasteiger partial charge in [0.2, 0.25) is 0 Å². The molecule has 0 atom stereocenters. The van der Waals surface area contributed by atoms with E-state index in [-0.39, 0.29) is 17.4 Å². The first kappa shape index (κ1) is 14.5. The topological polar surface area (TPSA) is 47.8 Å². The van der Waals surface area contributed by atoms with Crippen LogP contribution in [0.5, 0.6) is 0 Å². The van der Waals surface area contributed by atoms with Crippen molar-refractivity contribution in [3.8, 4) is 5.69 Å². The van der Waals surface area contributed by atoms with Gasteiger partial charge in [0, 0.05) is 11.3 Å². The molecule has 0 fully saturated rings. The number of ketones is 1. The first-order valence-corrected chi connectivity index (χ1v) is 7.59. The maximum Gasteiger partial charge on any atom is 0.196 e. The summed E-state index contributed by atoms with van der Waals surface area (Å²) in [6.45, 7) is 0. The highest BCUT2D eigenvalue weighted by molar-refractivity contribution is 7.99. The molecule has 0 radical (unpaired) electrons. The van der Waals surface area contributed by atoms with E-state index in [1.165, 1.54) is 36.0 Å². The molecule has 0 saturated heterocycles. The van der Waals surface area contributed by atoms with Crippen molar-refractivity contribution in [3.05, 3.63) is 72.3 Å². The van der Waals surface area contributed by atoms with Crippen molar-refractivity contribution >= 4 is 17.5 Å². The zero-order valence-corrected chi connectivity index (χ0v) is 12.3. The van der Waals surface area contributed by atoms with E-state index >= 15 is 0 Å². The largest absolute Gasteiger partial charge is 0.293 e. The smallest absolute Gasteiger partial charge is 0.196 e. The summed E-state index contributed by atoms with van der Waals surface area (Å²) in [7, 11) is 0. The third-order valence-corrected chi connectivity index (χ3v) is 3.99. The zero-order valence-electron chi connectivity index (χ0n) is 11.5. The Balaban J connectivity index is 1.71. The van der Waals surface area contributed by atoms with Crippen LogP contribution in [0.25, 0.3) is 5.69 Å². The lowest BCUT2D eigenvalue weighted by Gasteiger charge is -2.05. The molecule has 1 heterocycles. The van der Waals surface area contributed by atoms with Crippen LogP contribution >= 0.6 is 11.8 Å². The van der Waals surface area contributed by atoms with Gasteiger partial charge in [-0.05, 0) is 36.4 Å². The molecule has 0 N–H and O–H groups in total. The molecule has 0 spiro atoms. The van der Waals surface area contributed by atoms with Crippen molar-refractivity contribution in [1.29, 1.82) is 0 Å². The molecule has 0 aliphatic heterocycles. The summed E-state index contributed by atoms with van der Waals surface area (Å²) in [5.74, 6) is -0.211. The van der Waals surface area contributed by atoms with Crippen LogP contribution in [0.3, 0.4) is 0 Å². The monoisotopic (exact) mass is 313 g/mol. The quantitative estimate of drug-likeness (QED) is 0.535. The highest BCUT2D eigenvalue weighted by atomic mass is 32.2. The lowest BCUT2D eigenvalue weighted by atomic mass is 10.1. The van der Waals surface area contributed by atoms with E-state index in [4.69, 9.17) is 0 Å². The Morgan fingerprint density at radius 2 is 1.82 bits per heavy atom. The molecule has 22 heavy (non-hydrogen) atoms. The lowest BCUT2D eigenvalue weighted by molar-refractivity contribution is 0.102. The van der Waals surface area contributed by atoms with Gasteiger partial charge in [0.05, 0.1) is 5.75 Å². The Hall–Kier alpha value is -2.47. The molecule has 0 aliphatic carbocycles. The number of thioether (sulfide) groups is 1. The maximum atomic E-state index is 12.9. The second-order valence-electron chi connectivity index (χ2n) is 4.54. The van der Waals surface area contributed by atoms with Crippen LogP contribution in [0.1, 0.15) is 10.4 Å². The molecule has 3 aromatic rings. The van der Waals surface area contributed by atoms with Crippen molar-refractivity contribution in [2.75, 3.05) is 5.75 Å². The number of hydrogen-bond donors (Lipinski definition) is 0. The fourth-order valence-electron chi connectivity index (χ4n) is 1.94. The zero-order chi connectivity index (χ0) is 15.4. The SMILES string of the molecule is O=C(CSc1nncn1-c1ccccc1)c1ccc(F)cc1. The number of halogens is 1. The number of rotatable bonds is 5. The predicted molar refractivity (Wildman–Crippen MR) is 82.8 cm³/mol. The minimum atomic E-state index is -0.354. The number of carbonyl (C=O) groups excluding carboxylic acids is 1. The second-order valence-corrected chi connectivity index (χ2v) is 5.48. The first-order valence-electron chi connectivity index (χ1n) is 6.61. The number of para-hydroxylation sites is 1. The van der Waals surface area contributed by atoms with Gasteiger partial charge < -0.3 is 0 Å². The van der Waals surface area contributed by atoms with Crippen molar-refractivity contribution in [3.63, 3.8) is 0 Å². The highest BCUT2D eigenvalue weighted by Gasteiger charge is 2.11.